The number of alkyl halides is 1. The molecule has 0 aliphatic carbocycles. The maximum atomic E-state index is 5.84. The average Bonchev–Trinajstić information content (AvgIpc) is 2.59. The van der Waals surface area contributed by atoms with Gasteiger partial charge in [0.2, 0.25) is 0 Å². The van der Waals surface area contributed by atoms with Crippen LogP contribution in [0.1, 0.15) is 12.0 Å². The lowest BCUT2D eigenvalue weighted by Crippen LogP contribution is -2.28. The number of rotatable bonds is 5. The Morgan fingerprint density at radius 1 is 1.14 bits per heavy atom. The fourth-order valence-corrected chi connectivity index (χ4v) is 3.72. The molecule has 0 saturated carbocycles. The molecule has 0 radical (unpaired) electrons. The van der Waals surface area contributed by atoms with E-state index in [9.17, 15) is 0 Å². The van der Waals surface area contributed by atoms with Gasteiger partial charge in [-0.15, -0.1) is 11.6 Å². The number of halogens is 1. The predicted molar refractivity (Wildman–Crippen MR) is 94.9 cm³/mol. The van der Waals surface area contributed by atoms with Crippen LogP contribution >= 0.6 is 23.7 Å². The minimum atomic E-state index is 0.696. The van der Waals surface area contributed by atoms with E-state index in [1.165, 1.54) is 11.3 Å². The Kier molecular flexibility index (Phi) is 5.13. The van der Waals surface area contributed by atoms with Gasteiger partial charge >= 0.3 is 0 Å². The third-order valence-electron chi connectivity index (χ3n) is 3.60. The van der Waals surface area contributed by atoms with Gasteiger partial charge in [0.1, 0.15) is 5.75 Å². The summed E-state index contributed by atoms with van der Waals surface area (Å²) in [5.41, 5.74) is 3.74. The molecule has 5 heteroatoms. The van der Waals surface area contributed by atoms with Crippen LogP contribution in [0.15, 0.2) is 48.5 Å². The predicted octanol–water partition coefficient (Wildman–Crippen LogP) is 4.84. The number of ether oxygens (including phenoxy) is 1. The van der Waals surface area contributed by atoms with Crippen LogP contribution < -0.4 is 9.04 Å². The van der Waals surface area contributed by atoms with E-state index in [1.807, 2.05) is 12.1 Å². The lowest BCUT2D eigenvalue weighted by atomic mass is 10.1. The Morgan fingerprint density at radius 3 is 2.64 bits per heavy atom. The van der Waals surface area contributed by atoms with Crippen molar-refractivity contribution in [2.24, 2.45) is 0 Å². The Labute approximate surface area is 141 Å². The van der Waals surface area contributed by atoms with E-state index in [2.05, 4.69) is 45.0 Å². The molecule has 2 aromatic carbocycles. The molecule has 0 aromatic heterocycles. The van der Waals surface area contributed by atoms with Crippen LogP contribution in [0.4, 0.5) is 11.4 Å². The van der Waals surface area contributed by atoms with E-state index in [1.54, 1.807) is 19.2 Å². The number of para-hydroxylation sites is 1. The third-order valence-corrected chi connectivity index (χ3v) is 4.98. The normalized spacial score (nSPS) is 14.7. The Hall–Kier alpha value is -1.36. The molecule has 0 fully saturated rings. The highest BCUT2D eigenvalue weighted by atomic mass is 35.5. The SMILES string of the molecule is COc1ccc(N2SN(CCCCl)Cc3ccccc32)cc1. The van der Waals surface area contributed by atoms with Gasteiger partial charge in [-0.1, -0.05) is 18.2 Å². The zero-order chi connectivity index (χ0) is 15.4. The van der Waals surface area contributed by atoms with E-state index in [4.69, 9.17) is 16.3 Å². The summed E-state index contributed by atoms with van der Waals surface area (Å²) in [5, 5.41) is 0. The first-order chi connectivity index (χ1) is 10.8. The second kappa shape index (κ2) is 7.27. The molecule has 0 atom stereocenters. The molecule has 22 heavy (non-hydrogen) atoms. The lowest BCUT2D eigenvalue weighted by Gasteiger charge is -2.36. The minimum absolute atomic E-state index is 0.696. The van der Waals surface area contributed by atoms with Crippen molar-refractivity contribution in [2.45, 2.75) is 13.0 Å². The minimum Gasteiger partial charge on any atom is -0.497 e. The number of benzene rings is 2. The summed E-state index contributed by atoms with van der Waals surface area (Å²) in [6, 6.07) is 16.7. The van der Waals surface area contributed by atoms with Gasteiger partial charge in [0.05, 0.1) is 18.5 Å². The molecular formula is C17H19ClN2OS. The molecule has 0 bridgehead atoms. The van der Waals surface area contributed by atoms with Gasteiger partial charge in [-0.3, -0.25) is 4.31 Å². The molecule has 1 aliphatic heterocycles. The van der Waals surface area contributed by atoms with Crippen LogP contribution in [-0.2, 0) is 6.54 Å². The van der Waals surface area contributed by atoms with Gasteiger partial charge in [-0.25, -0.2) is 4.31 Å². The van der Waals surface area contributed by atoms with Crippen molar-refractivity contribution in [3.63, 3.8) is 0 Å². The summed E-state index contributed by atoms with van der Waals surface area (Å²) in [5.74, 6) is 1.57. The van der Waals surface area contributed by atoms with Crippen LogP contribution in [-0.4, -0.2) is 23.8 Å². The largest absolute Gasteiger partial charge is 0.497 e. The molecular weight excluding hydrogens is 316 g/mol. The summed E-state index contributed by atoms with van der Waals surface area (Å²) in [6.07, 6.45) is 0.993. The van der Waals surface area contributed by atoms with Crippen LogP contribution in [0, 0.1) is 0 Å². The van der Waals surface area contributed by atoms with Crippen LogP contribution in [0.2, 0.25) is 0 Å². The van der Waals surface area contributed by atoms with E-state index in [0.717, 1.165) is 30.9 Å². The summed E-state index contributed by atoms with van der Waals surface area (Å²) in [6.45, 7) is 1.93. The first kappa shape index (κ1) is 15.5. The Bertz CT molecular complexity index is 620. The van der Waals surface area contributed by atoms with Crippen LogP contribution in [0.25, 0.3) is 0 Å². The van der Waals surface area contributed by atoms with Crippen LogP contribution in [0.3, 0.4) is 0 Å². The number of methoxy groups -OCH3 is 1. The topological polar surface area (TPSA) is 15.7 Å². The highest BCUT2D eigenvalue weighted by Crippen LogP contribution is 2.42. The maximum Gasteiger partial charge on any atom is 0.119 e. The van der Waals surface area contributed by atoms with E-state index in [-0.39, 0.29) is 0 Å². The van der Waals surface area contributed by atoms with Crippen molar-refractivity contribution in [1.82, 2.24) is 4.31 Å². The van der Waals surface area contributed by atoms with Crippen molar-refractivity contribution in [1.29, 1.82) is 0 Å². The second-order valence-electron chi connectivity index (χ2n) is 5.11. The van der Waals surface area contributed by atoms with E-state index < -0.39 is 0 Å². The van der Waals surface area contributed by atoms with E-state index >= 15 is 0 Å². The molecule has 0 N–H and O–H groups in total. The first-order valence-electron chi connectivity index (χ1n) is 7.33. The number of anilines is 2. The molecule has 116 valence electrons. The summed E-state index contributed by atoms with van der Waals surface area (Å²) < 4.78 is 9.88. The number of hydrogen-bond donors (Lipinski definition) is 0. The number of fused-ring (bicyclic) bond motifs is 1. The quantitative estimate of drug-likeness (QED) is 0.574. The third kappa shape index (κ3) is 3.35. The molecule has 0 amide bonds. The summed E-state index contributed by atoms with van der Waals surface area (Å²) >= 11 is 7.59. The van der Waals surface area contributed by atoms with Crippen LogP contribution in [0.5, 0.6) is 5.75 Å². The lowest BCUT2D eigenvalue weighted by molar-refractivity contribution is 0.415. The van der Waals surface area contributed by atoms with E-state index in [0.29, 0.717) is 5.88 Å². The second-order valence-corrected chi connectivity index (χ2v) is 6.53. The monoisotopic (exact) mass is 334 g/mol. The first-order valence-corrected chi connectivity index (χ1v) is 8.59. The van der Waals surface area contributed by atoms with Crippen molar-refractivity contribution in [3.8, 4) is 5.75 Å². The van der Waals surface area contributed by atoms with Gasteiger partial charge in [-0.05, 0) is 42.3 Å². The zero-order valence-electron chi connectivity index (χ0n) is 12.5. The molecule has 1 heterocycles. The Morgan fingerprint density at radius 2 is 1.91 bits per heavy atom. The smallest absolute Gasteiger partial charge is 0.119 e. The van der Waals surface area contributed by atoms with Crippen molar-refractivity contribution < 1.29 is 4.74 Å². The fourth-order valence-electron chi connectivity index (χ4n) is 2.48. The average molecular weight is 335 g/mol. The van der Waals surface area contributed by atoms with Gasteiger partial charge in [0.25, 0.3) is 0 Å². The molecule has 3 nitrogen and oxygen atoms in total. The van der Waals surface area contributed by atoms with Crippen molar-refractivity contribution in [3.05, 3.63) is 54.1 Å². The standard InChI is InChI=1S/C17H19ClN2OS/c1-21-16-9-7-15(8-10-16)20-17-6-3-2-5-14(17)13-19(22-20)12-4-11-18/h2-3,5-10H,4,11-13H2,1H3. The van der Waals surface area contributed by atoms with Gasteiger partial charge in [-0.2, -0.15) is 0 Å². The summed E-state index contributed by atoms with van der Waals surface area (Å²) in [4.78, 5) is 0. The summed E-state index contributed by atoms with van der Waals surface area (Å²) in [7, 11) is 1.69. The zero-order valence-corrected chi connectivity index (χ0v) is 14.1. The molecule has 0 saturated heterocycles. The molecule has 0 spiro atoms. The highest BCUT2D eigenvalue weighted by molar-refractivity contribution is 7.98. The van der Waals surface area contributed by atoms with Crippen molar-refractivity contribution in [2.75, 3.05) is 23.8 Å². The number of hydrogen-bond acceptors (Lipinski definition) is 4. The molecule has 2 aromatic rings. The van der Waals surface area contributed by atoms with Gasteiger partial charge in [0.15, 0.2) is 0 Å². The van der Waals surface area contributed by atoms with Gasteiger partial charge < -0.3 is 4.74 Å². The van der Waals surface area contributed by atoms with Gasteiger partial charge in [0, 0.05) is 31.1 Å². The highest BCUT2D eigenvalue weighted by Gasteiger charge is 2.24. The number of nitrogens with zero attached hydrogens (tertiary/aromatic N) is 2. The molecule has 3 rings (SSSR count). The maximum absolute atomic E-state index is 5.84. The fraction of sp³-hybridized carbons (Fsp3) is 0.294. The Balaban J connectivity index is 1.90. The molecule has 0 unspecified atom stereocenters. The van der Waals surface area contributed by atoms with Crippen molar-refractivity contribution >= 4 is 35.1 Å². The molecule has 1 aliphatic rings.